The van der Waals surface area contributed by atoms with Gasteiger partial charge in [0.25, 0.3) is 0 Å². The SMILES string of the molecule is CSCC(C)CN1C(=O)C(C)NC1c1ccc(SC)cc1. The van der Waals surface area contributed by atoms with Crippen LogP contribution in [0.25, 0.3) is 0 Å². The summed E-state index contributed by atoms with van der Waals surface area (Å²) in [4.78, 5) is 15.7. The number of benzene rings is 1. The number of carbonyl (C=O) groups excluding carboxylic acids is 1. The molecule has 21 heavy (non-hydrogen) atoms. The molecule has 2 rings (SSSR count). The molecule has 3 unspecified atom stereocenters. The molecule has 5 heteroatoms. The van der Waals surface area contributed by atoms with Crippen molar-refractivity contribution in [3.63, 3.8) is 0 Å². The van der Waals surface area contributed by atoms with Crippen molar-refractivity contribution in [2.24, 2.45) is 5.92 Å². The normalized spacial score (nSPS) is 23.6. The molecule has 1 aliphatic rings. The minimum Gasteiger partial charge on any atom is -0.321 e. The van der Waals surface area contributed by atoms with E-state index in [-0.39, 0.29) is 18.1 Å². The van der Waals surface area contributed by atoms with Crippen molar-refractivity contribution in [3.05, 3.63) is 29.8 Å². The number of nitrogens with one attached hydrogen (secondary N) is 1. The van der Waals surface area contributed by atoms with Gasteiger partial charge in [0.05, 0.1) is 6.04 Å². The van der Waals surface area contributed by atoms with Crippen LogP contribution >= 0.6 is 23.5 Å². The fraction of sp³-hybridized carbons (Fsp3) is 0.562. The van der Waals surface area contributed by atoms with Gasteiger partial charge in [0.1, 0.15) is 6.17 Å². The predicted molar refractivity (Wildman–Crippen MR) is 92.8 cm³/mol. The van der Waals surface area contributed by atoms with Crippen molar-refractivity contribution >= 4 is 29.4 Å². The van der Waals surface area contributed by atoms with Gasteiger partial charge in [0, 0.05) is 11.4 Å². The van der Waals surface area contributed by atoms with Gasteiger partial charge in [0.15, 0.2) is 0 Å². The lowest BCUT2D eigenvalue weighted by atomic mass is 10.1. The topological polar surface area (TPSA) is 32.3 Å². The number of hydrogen-bond donors (Lipinski definition) is 1. The standard InChI is InChI=1S/C16H24N2OS2/c1-11(10-20-3)9-18-15(17-12(2)16(18)19)13-5-7-14(21-4)8-6-13/h5-8,11-12,15,17H,9-10H2,1-4H3. The Morgan fingerprint density at radius 1 is 1.29 bits per heavy atom. The molecule has 1 aromatic carbocycles. The van der Waals surface area contributed by atoms with E-state index in [1.165, 1.54) is 10.5 Å². The lowest BCUT2D eigenvalue weighted by Crippen LogP contribution is -2.35. The lowest BCUT2D eigenvalue weighted by Gasteiger charge is -2.27. The third-order valence-electron chi connectivity index (χ3n) is 3.76. The van der Waals surface area contributed by atoms with E-state index in [9.17, 15) is 4.79 Å². The Labute approximate surface area is 136 Å². The van der Waals surface area contributed by atoms with Crippen molar-refractivity contribution in [1.29, 1.82) is 0 Å². The Bertz CT molecular complexity index is 478. The van der Waals surface area contributed by atoms with E-state index in [0.29, 0.717) is 5.92 Å². The summed E-state index contributed by atoms with van der Waals surface area (Å²) in [6, 6.07) is 8.40. The molecule has 1 heterocycles. The Hall–Kier alpha value is -0.650. The summed E-state index contributed by atoms with van der Waals surface area (Å²) in [7, 11) is 0. The first-order chi connectivity index (χ1) is 10.1. The van der Waals surface area contributed by atoms with Crippen LogP contribution in [0.3, 0.4) is 0 Å². The quantitative estimate of drug-likeness (QED) is 0.814. The molecule has 116 valence electrons. The number of thioether (sulfide) groups is 2. The Morgan fingerprint density at radius 2 is 1.95 bits per heavy atom. The number of amides is 1. The summed E-state index contributed by atoms with van der Waals surface area (Å²) >= 11 is 3.57. The third-order valence-corrected chi connectivity index (χ3v) is 5.41. The zero-order valence-electron chi connectivity index (χ0n) is 13.1. The van der Waals surface area contributed by atoms with Gasteiger partial charge in [-0.2, -0.15) is 11.8 Å². The minimum atomic E-state index is -0.100. The number of rotatable bonds is 6. The molecular weight excluding hydrogens is 300 g/mol. The zero-order chi connectivity index (χ0) is 15.4. The van der Waals surface area contributed by atoms with Gasteiger partial charge in [-0.25, -0.2) is 0 Å². The second kappa shape index (κ2) is 7.56. The first kappa shape index (κ1) is 16.7. The van der Waals surface area contributed by atoms with Gasteiger partial charge >= 0.3 is 0 Å². The van der Waals surface area contributed by atoms with Crippen LogP contribution in [0.1, 0.15) is 25.6 Å². The maximum absolute atomic E-state index is 12.4. The molecule has 1 N–H and O–H groups in total. The fourth-order valence-corrected chi connectivity index (χ4v) is 3.79. The molecule has 1 aromatic rings. The number of carbonyl (C=O) groups is 1. The van der Waals surface area contributed by atoms with Crippen LogP contribution in [0.4, 0.5) is 0 Å². The Kier molecular flexibility index (Phi) is 6.02. The molecule has 0 spiro atoms. The highest BCUT2D eigenvalue weighted by molar-refractivity contribution is 7.98. The van der Waals surface area contributed by atoms with E-state index in [2.05, 4.69) is 49.0 Å². The van der Waals surface area contributed by atoms with Gasteiger partial charge < -0.3 is 4.90 Å². The average molecular weight is 325 g/mol. The highest BCUT2D eigenvalue weighted by atomic mass is 32.2. The highest BCUT2D eigenvalue weighted by Gasteiger charge is 2.37. The Balaban J connectivity index is 2.16. The first-order valence-corrected chi connectivity index (χ1v) is 9.88. The molecular formula is C16H24N2OS2. The summed E-state index contributed by atoms with van der Waals surface area (Å²) in [5.74, 6) is 1.79. The molecule has 0 aliphatic carbocycles. The van der Waals surface area contributed by atoms with Gasteiger partial charge in [-0.15, -0.1) is 11.8 Å². The summed E-state index contributed by atoms with van der Waals surface area (Å²) < 4.78 is 0. The second-order valence-electron chi connectivity index (χ2n) is 5.62. The third kappa shape index (κ3) is 3.96. The summed E-state index contributed by atoms with van der Waals surface area (Å²) in [6.45, 7) is 4.97. The molecule has 0 saturated carbocycles. The molecule has 1 fully saturated rings. The largest absolute Gasteiger partial charge is 0.321 e. The monoisotopic (exact) mass is 324 g/mol. The smallest absolute Gasteiger partial charge is 0.241 e. The molecule has 3 nitrogen and oxygen atoms in total. The average Bonchev–Trinajstić information content (AvgIpc) is 2.76. The minimum absolute atomic E-state index is 0.00714. The highest BCUT2D eigenvalue weighted by Crippen LogP contribution is 2.28. The van der Waals surface area contributed by atoms with Crippen molar-refractivity contribution in [3.8, 4) is 0 Å². The van der Waals surface area contributed by atoms with Crippen molar-refractivity contribution in [2.45, 2.75) is 31.0 Å². The maximum Gasteiger partial charge on any atom is 0.241 e. The van der Waals surface area contributed by atoms with Crippen LogP contribution in [-0.2, 0) is 4.79 Å². The van der Waals surface area contributed by atoms with E-state index in [0.717, 1.165) is 12.3 Å². The van der Waals surface area contributed by atoms with Crippen LogP contribution in [0.15, 0.2) is 29.2 Å². The van der Waals surface area contributed by atoms with Crippen LogP contribution in [0, 0.1) is 5.92 Å². The van der Waals surface area contributed by atoms with Crippen LogP contribution in [0.2, 0.25) is 0 Å². The second-order valence-corrected chi connectivity index (χ2v) is 7.41. The van der Waals surface area contributed by atoms with Gasteiger partial charge in [-0.1, -0.05) is 19.1 Å². The van der Waals surface area contributed by atoms with Gasteiger partial charge in [-0.3, -0.25) is 10.1 Å². The summed E-state index contributed by atoms with van der Waals surface area (Å²) in [5, 5.41) is 3.42. The summed E-state index contributed by atoms with van der Waals surface area (Å²) in [6.07, 6.45) is 4.19. The predicted octanol–water partition coefficient (Wildman–Crippen LogP) is 3.23. The number of hydrogen-bond acceptors (Lipinski definition) is 4. The van der Waals surface area contributed by atoms with E-state index >= 15 is 0 Å². The molecule has 3 atom stereocenters. The van der Waals surface area contributed by atoms with Gasteiger partial charge in [0.2, 0.25) is 5.91 Å². The maximum atomic E-state index is 12.4. The summed E-state index contributed by atoms with van der Waals surface area (Å²) in [5.41, 5.74) is 1.17. The van der Waals surface area contributed by atoms with E-state index in [1.807, 2.05) is 23.6 Å². The molecule has 1 saturated heterocycles. The van der Waals surface area contributed by atoms with Crippen LogP contribution in [0.5, 0.6) is 0 Å². The molecule has 1 aliphatic heterocycles. The first-order valence-electron chi connectivity index (χ1n) is 7.26. The Morgan fingerprint density at radius 3 is 2.52 bits per heavy atom. The lowest BCUT2D eigenvalue weighted by molar-refractivity contribution is -0.130. The van der Waals surface area contributed by atoms with Crippen molar-refractivity contribution in [2.75, 3.05) is 24.8 Å². The van der Waals surface area contributed by atoms with Crippen LogP contribution < -0.4 is 5.32 Å². The van der Waals surface area contributed by atoms with E-state index in [4.69, 9.17) is 0 Å². The van der Waals surface area contributed by atoms with E-state index in [1.54, 1.807) is 11.8 Å². The molecule has 0 bridgehead atoms. The molecule has 0 radical (unpaired) electrons. The zero-order valence-corrected chi connectivity index (χ0v) is 14.8. The van der Waals surface area contributed by atoms with Crippen LogP contribution in [-0.4, -0.2) is 41.7 Å². The van der Waals surface area contributed by atoms with Gasteiger partial charge in [-0.05, 0) is 48.8 Å². The van der Waals surface area contributed by atoms with Crippen molar-refractivity contribution in [1.82, 2.24) is 10.2 Å². The fourth-order valence-electron chi connectivity index (χ4n) is 2.70. The molecule has 1 amide bonds. The van der Waals surface area contributed by atoms with Crippen molar-refractivity contribution < 1.29 is 4.79 Å². The van der Waals surface area contributed by atoms with E-state index < -0.39 is 0 Å². The molecule has 0 aromatic heterocycles. The number of nitrogens with zero attached hydrogens (tertiary/aromatic N) is 1.